The summed E-state index contributed by atoms with van der Waals surface area (Å²) in [6.45, 7) is 23.8. The molecule has 2 amide bonds. The van der Waals surface area contributed by atoms with Crippen molar-refractivity contribution in [2.45, 2.75) is 120 Å². The van der Waals surface area contributed by atoms with Crippen LogP contribution in [-0.2, 0) is 11.5 Å². The number of carbonyl (C=O) groups is 2. The van der Waals surface area contributed by atoms with E-state index in [1.54, 1.807) is 18.2 Å². The van der Waals surface area contributed by atoms with Gasteiger partial charge in [-0.15, -0.1) is 0 Å². The molecule has 45 heavy (non-hydrogen) atoms. The zero-order chi connectivity index (χ0) is 34.2. The first-order valence-corrected chi connectivity index (χ1v) is 17.2. The summed E-state index contributed by atoms with van der Waals surface area (Å²) in [5.74, 6) is 0.909. The Balaban J connectivity index is 0.000000894. The van der Waals surface area contributed by atoms with Crippen LogP contribution in [-0.4, -0.2) is 54.2 Å². The molecule has 1 aliphatic heterocycles. The summed E-state index contributed by atoms with van der Waals surface area (Å²) in [4.78, 5) is 31.1. The van der Waals surface area contributed by atoms with E-state index in [4.69, 9.17) is 21.3 Å². The number of amides is 2. The second kappa shape index (κ2) is 25.5. The maximum absolute atomic E-state index is 13.1. The first kappa shape index (κ1) is 42.3. The van der Waals surface area contributed by atoms with E-state index in [2.05, 4.69) is 71.4 Å². The Kier molecular flexibility index (Phi) is 24.0. The summed E-state index contributed by atoms with van der Waals surface area (Å²) < 4.78 is 5.34. The number of urea groups is 1. The number of carbonyl (C=O) groups excluding carboxylic acids is 2. The minimum absolute atomic E-state index is 0.0659. The van der Waals surface area contributed by atoms with Crippen molar-refractivity contribution >= 4 is 23.9 Å². The Morgan fingerprint density at radius 2 is 1.67 bits per heavy atom. The molecule has 1 aliphatic rings. The first-order valence-electron chi connectivity index (χ1n) is 16.8. The van der Waals surface area contributed by atoms with Gasteiger partial charge in [-0.2, -0.15) is 10.5 Å². The molecule has 9 heteroatoms. The molecule has 0 radical (unpaired) electrons. The van der Waals surface area contributed by atoms with E-state index in [0.29, 0.717) is 29.5 Å². The molecular formula is C36H61ClN4O4. The molecule has 1 unspecified atom stereocenters. The Morgan fingerprint density at radius 1 is 1.04 bits per heavy atom. The van der Waals surface area contributed by atoms with Crippen molar-refractivity contribution in [3.63, 3.8) is 0 Å². The van der Waals surface area contributed by atoms with Crippen molar-refractivity contribution in [2.24, 2.45) is 5.92 Å². The quantitative estimate of drug-likeness (QED) is 0.128. The SMILES string of the molecule is CC.CCC.CCCOc1ccc(C=O)c(Cl)c1.CC[C@@H](C)N(Cc1ccccc1C)C(=O)NC(NON1CCCC1)C(C)C. The number of benzene rings is 2. The Morgan fingerprint density at radius 3 is 2.18 bits per heavy atom. The number of nitrogens with one attached hydrogen (secondary N) is 2. The molecule has 0 aromatic heterocycles. The van der Waals surface area contributed by atoms with E-state index in [-0.39, 0.29) is 24.2 Å². The number of hydrogen-bond donors (Lipinski definition) is 2. The van der Waals surface area contributed by atoms with E-state index in [0.717, 1.165) is 45.1 Å². The normalized spacial score (nSPS) is 13.6. The first-order chi connectivity index (χ1) is 21.6. The van der Waals surface area contributed by atoms with E-state index in [9.17, 15) is 9.59 Å². The lowest BCUT2D eigenvalue weighted by Crippen LogP contribution is -2.55. The predicted molar refractivity (Wildman–Crippen MR) is 189 cm³/mol. The van der Waals surface area contributed by atoms with Gasteiger partial charge in [-0.05, 0) is 74.8 Å². The molecular weight excluding hydrogens is 588 g/mol. The van der Waals surface area contributed by atoms with Gasteiger partial charge in [0.05, 0.1) is 11.6 Å². The van der Waals surface area contributed by atoms with E-state index < -0.39 is 0 Å². The zero-order valence-corrected chi connectivity index (χ0v) is 30.4. The van der Waals surface area contributed by atoms with Gasteiger partial charge in [-0.3, -0.25) is 4.79 Å². The summed E-state index contributed by atoms with van der Waals surface area (Å²) in [6.07, 6.45) is 5.89. The molecule has 0 aliphatic carbocycles. The fourth-order valence-electron chi connectivity index (χ4n) is 3.99. The highest BCUT2D eigenvalue weighted by atomic mass is 35.5. The fraction of sp³-hybridized carbons (Fsp3) is 0.611. The average molecular weight is 649 g/mol. The average Bonchev–Trinajstić information content (AvgIpc) is 3.56. The largest absolute Gasteiger partial charge is 0.494 e. The molecule has 2 atom stereocenters. The monoisotopic (exact) mass is 648 g/mol. The number of aryl methyl sites for hydroxylation is 1. The van der Waals surface area contributed by atoms with Gasteiger partial charge in [0, 0.05) is 31.2 Å². The Labute approximate surface area is 279 Å². The van der Waals surface area contributed by atoms with E-state index in [1.165, 1.54) is 17.5 Å². The third kappa shape index (κ3) is 17.0. The summed E-state index contributed by atoms with van der Waals surface area (Å²) in [5.41, 5.74) is 5.92. The van der Waals surface area contributed by atoms with Gasteiger partial charge >= 0.3 is 6.03 Å². The zero-order valence-electron chi connectivity index (χ0n) is 29.6. The lowest BCUT2D eigenvalue weighted by atomic mass is 10.1. The molecule has 8 nitrogen and oxygen atoms in total. The van der Waals surface area contributed by atoms with E-state index >= 15 is 0 Å². The smallest absolute Gasteiger partial charge is 0.319 e. The number of rotatable bonds is 13. The van der Waals surface area contributed by atoms with Gasteiger partial charge in [0.15, 0.2) is 6.29 Å². The van der Waals surface area contributed by atoms with Gasteiger partial charge in [0.1, 0.15) is 11.9 Å². The van der Waals surface area contributed by atoms with Crippen molar-refractivity contribution < 1.29 is 19.3 Å². The second-order valence-corrected chi connectivity index (χ2v) is 11.6. The molecule has 0 spiro atoms. The van der Waals surface area contributed by atoms with Gasteiger partial charge in [0.25, 0.3) is 0 Å². The van der Waals surface area contributed by atoms with Crippen LogP contribution in [0.25, 0.3) is 0 Å². The molecule has 1 saturated heterocycles. The van der Waals surface area contributed by atoms with Gasteiger partial charge in [-0.25, -0.2) is 9.73 Å². The molecule has 2 N–H and O–H groups in total. The number of aldehydes is 1. The molecule has 1 heterocycles. The number of ether oxygens (including phenoxy) is 1. The lowest BCUT2D eigenvalue weighted by Gasteiger charge is -2.33. The second-order valence-electron chi connectivity index (χ2n) is 11.2. The number of hydroxylamine groups is 3. The summed E-state index contributed by atoms with van der Waals surface area (Å²) in [5, 5.41) is 5.47. The lowest BCUT2D eigenvalue weighted by molar-refractivity contribution is -0.212. The van der Waals surface area contributed by atoms with Crippen molar-refractivity contribution in [1.29, 1.82) is 0 Å². The molecule has 2 aromatic carbocycles. The standard InChI is InChI=1S/C21H36N4O2.C10H11ClO2.C3H8.C2H6/c1-6-18(5)25(15-19-12-8-7-11-17(19)4)21(26)22-20(16(2)3)23-27-24-13-9-10-14-24;1-2-5-13-9-4-3-8(7-12)10(11)6-9;1-3-2;1-2/h7-8,11-12,16,18,20,23H,6,9-10,13-15H2,1-5H3,(H,22,26);3-4,6-7H,2,5H2,1H3;3H2,1-2H3;1-2H3/t18-,20?;;;/m1.../s1. The van der Waals surface area contributed by atoms with Gasteiger partial charge in [-0.1, -0.05) is 97.7 Å². The number of hydrogen-bond acceptors (Lipinski definition) is 6. The van der Waals surface area contributed by atoms with Crippen molar-refractivity contribution in [2.75, 3.05) is 19.7 Å². The van der Waals surface area contributed by atoms with Crippen molar-refractivity contribution in [3.8, 4) is 5.75 Å². The van der Waals surface area contributed by atoms with E-state index in [1.807, 2.05) is 42.9 Å². The van der Waals surface area contributed by atoms with Crippen LogP contribution in [0, 0.1) is 12.8 Å². The molecule has 0 saturated carbocycles. The third-order valence-corrected chi connectivity index (χ3v) is 7.20. The van der Waals surface area contributed by atoms with Crippen LogP contribution in [0.4, 0.5) is 4.79 Å². The van der Waals surface area contributed by atoms with Crippen molar-refractivity contribution in [1.82, 2.24) is 20.8 Å². The minimum atomic E-state index is -0.249. The number of nitrogens with zero attached hydrogens (tertiary/aromatic N) is 2. The predicted octanol–water partition coefficient (Wildman–Crippen LogP) is 9.20. The van der Waals surface area contributed by atoms with Crippen LogP contribution < -0.4 is 15.5 Å². The van der Waals surface area contributed by atoms with Crippen LogP contribution in [0.3, 0.4) is 0 Å². The maximum Gasteiger partial charge on any atom is 0.319 e. The van der Waals surface area contributed by atoms with Crippen LogP contribution in [0.5, 0.6) is 5.75 Å². The van der Waals surface area contributed by atoms with Gasteiger partial charge in [0.2, 0.25) is 0 Å². The molecule has 1 fully saturated rings. The topological polar surface area (TPSA) is 83.1 Å². The Bertz CT molecular complexity index is 1060. The molecule has 0 bridgehead atoms. The maximum atomic E-state index is 13.1. The van der Waals surface area contributed by atoms with Crippen molar-refractivity contribution in [3.05, 3.63) is 64.2 Å². The molecule has 256 valence electrons. The minimum Gasteiger partial charge on any atom is -0.494 e. The van der Waals surface area contributed by atoms with Crippen LogP contribution in [0.2, 0.25) is 5.02 Å². The van der Waals surface area contributed by atoms with Crippen LogP contribution >= 0.6 is 11.6 Å². The van der Waals surface area contributed by atoms with Gasteiger partial charge < -0.3 is 15.0 Å². The highest BCUT2D eigenvalue weighted by molar-refractivity contribution is 6.33. The summed E-state index contributed by atoms with van der Waals surface area (Å²) >= 11 is 5.80. The number of halogens is 1. The Hall–Kier alpha value is -2.65. The van der Waals surface area contributed by atoms with Crippen LogP contribution in [0.1, 0.15) is 116 Å². The fourth-order valence-corrected chi connectivity index (χ4v) is 4.21. The third-order valence-electron chi connectivity index (χ3n) is 6.88. The molecule has 2 aromatic rings. The van der Waals surface area contributed by atoms with Crippen LogP contribution in [0.15, 0.2) is 42.5 Å². The highest BCUT2D eigenvalue weighted by Crippen LogP contribution is 2.21. The molecule has 3 rings (SSSR count). The highest BCUT2D eigenvalue weighted by Gasteiger charge is 2.25. The summed E-state index contributed by atoms with van der Waals surface area (Å²) in [7, 11) is 0. The summed E-state index contributed by atoms with van der Waals surface area (Å²) in [6, 6.07) is 13.4.